The zero-order valence-electron chi connectivity index (χ0n) is 13.7. The molecule has 1 N–H and O–H groups in total. The summed E-state index contributed by atoms with van der Waals surface area (Å²) in [5.41, 5.74) is 1.04. The van der Waals surface area contributed by atoms with Crippen LogP contribution in [0.2, 0.25) is 0 Å². The highest BCUT2D eigenvalue weighted by molar-refractivity contribution is 5.06. The van der Waals surface area contributed by atoms with Crippen molar-refractivity contribution in [2.45, 2.75) is 84.0 Å². The average Bonchev–Trinajstić information content (AvgIpc) is 2.75. The Labute approximate surface area is 128 Å². The number of nitrogens with one attached hydrogen (secondary N) is 1. The molecule has 4 heteroatoms. The Bertz CT molecular complexity index is 437. The number of fused-ring (bicyclic) bond motifs is 2. The zero-order chi connectivity index (χ0) is 14.8. The number of piperidine rings is 2. The second-order valence-electron chi connectivity index (χ2n) is 6.78. The van der Waals surface area contributed by atoms with Crippen LogP contribution in [-0.2, 0) is 6.54 Å². The van der Waals surface area contributed by atoms with E-state index in [0.29, 0.717) is 18.1 Å². The van der Waals surface area contributed by atoms with E-state index in [0.717, 1.165) is 30.4 Å². The van der Waals surface area contributed by atoms with E-state index in [4.69, 9.17) is 4.42 Å². The second-order valence-corrected chi connectivity index (χ2v) is 6.78. The molecule has 0 amide bonds. The van der Waals surface area contributed by atoms with E-state index in [1.165, 1.54) is 38.5 Å². The number of hydrogen-bond donors (Lipinski definition) is 1. The summed E-state index contributed by atoms with van der Waals surface area (Å²) < 4.78 is 5.81. The summed E-state index contributed by atoms with van der Waals surface area (Å²) >= 11 is 0. The van der Waals surface area contributed by atoms with Gasteiger partial charge in [-0.05, 0) is 52.5 Å². The first-order valence-electron chi connectivity index (χ1n) is 8.59. The molecule has 0 spiro atoms. The topological polar surface area (TPSA) is 41.3 Å². The van der Waals surface area contributed by atoms with Gasteiger partial charge in [-0.1, -0.05) is 13.3 Å². The highest BCUT2D eigenvalue weighted by Gasteiger charge is 2.38. The molecule has 3 rings (SSSR count). The summed E-state index contributed by atoms with van der Waals surface area (Å²) in [4.78, 5) is 7.24. The largest absolute Gasteiger partial charge is 0.444 e. The highest BCUT2D eigenvalue weighted by atomic mass is 16.4. The number of nitrogens with zero attached hydrogens (tertiary/aromatic N) is 2. The molecule has 1 aromatic rings. The molecule has 2 fully saturated rings. The van der Waals surface area contributed by atoms with Crippen molar-refractivity contribution in [3.05, 3.63) is 17.3 Å². The minimum absolute atomic E-state index is 0.708. The predicted molar refractivity (Wildman–Crippen MR) is 84.3 cm³/mol. The predicted octanol–water partition coefficient (Wildman–Crippen LogP) is 3.18. The first-order chi connectivity index (χ1) is 10.2. The van der Waals surface area contributed by atoms with Crippen molar-refractivity contribution < 1.29 is 4.42 Å². The van der Waals surface area contributed by atoms with Gasteiger partial charge in [0.15, 0.2) is 0 Å². The van der Waals surface area contributed by atoms with Gasteiger partial charge >= 0.3 is 0 Å². The normalized spacial score (nSPS) is 29.8. The van der Waals surface area contributed by atoms with Gasteiger partial charge in [-0.25, -0.2) is 4.98 Å². The Morgan fingerprint density at radius 2 is 1.95 bits per heavy atom. The van der Waals surface area contributed by atoms with Crippen LogP contribution >= 0.6 is 0 Å². The van der Waals surface area contributed by atoms with Gasteiger partial charge in [0.25, 0.3) is 0 Å². The first-order valence-corrected chi connectivity index (χ1v) is 8.59. The molecule has 0 radical (unpaired) electrons. The number of aryl methyl sites for hydroxylation is 2. The summed E-state index contributed by atoms with van der Waals surface area (Å²) in [6.45, 7) is 8.33. The molecule has 0 aliphatic carbocycles. The van der Waals surface area contributed by atoms with Crippen molar-refractivity contribution in [2.75, 3.05) is 6.54 Å². The quantitative estimate of drug-likeness (QED) is 0.904. The van der Waals surface area contributed by atoms with E-state index in [-0.39, 0.29) is 0 Å². The number of hydrogen-bond acceptors (Lipinski definition) is 4. The van der Waals surface area contributed by atoms with Crippen molar-refractivity contribution in [3.63, 3.8) is 0 Å². The lowest BCUT2D eigenvalue weighted by atomic mass is 9.81. The molecule has 2 saturated heterocycles. The van der Waals surface area contributed by atoms with Crippen molar-refractivity contribution in [1.82, 2.24) is 15.2 Å². The molecule has 21 heavy (non-hydrogen) atoms. The van der Waals surface area contributed by atoms with Gasteiger partial charge in [0.05, 0.1) is 12.2 Å². The molecule has 1 aromatic heterocycles. The third-order valence-corrected chi connectivity index (χ3v) is 5.20. The minimum Gasteiger partial charge on any atom is -0.444 e. The van der Waals surface area contributed by atoms with Crippen molar-refractivity contribution in [1.29, 1.82) is 0 Å². The fourth-order valence-corrected chi connectivity index (χ4v) is 4.01. The first kappa shape index (κ1) is 15.0. The molecule has 118 valence electrons. The fourth-order valence-electron chi connectivity index (χ4n) is 4.01. The maximum absolute atomic E-state index is 5.81. The zero-order valence-corrected chi connectivity index (χ0v) is 13.7. The minimum atomic E-state index is 0.708. The van der Waals surface area contributed by atoms with Crippen LogP contribution in [0, 0.1) is 13.8 Å². The van der Waals surface area contributed by atoms with E-state index >= 15 is 0 Å². The van der Waals surface area contributed by atoms with Gasteiger partial charge in [-0.15, -0.1) is 0 Å². The maximum Gasteiger partial charge on any atom is 0.208 e. The Balaban J connectivity index is 1.66. The molecular formula is C17H29N3O. The lowest BCUT2D eigenvalue weighted by Gasteiger charge is -2.48. The van der Waals surface area contributed by atoms with Crippen LogP contribution < -0.4 is 5.32 Å². The molecule has 2 aliphatic heterocycles. The smallest absolute Gasteiger partial charge is 0.208 e. The molecule has 2 bridgehead atoms. The third-order valence-electron chi connectivity index (χ3n) is 5.20. The Morgan fingerprint density at radius 1 is 1.24 bits per heavy atom. The van der Waals surface area contributed by atoms with E-state index in [1.54, 1.807) is 0 Å². The molecule has 2 atom stereocenters. The Hall–Kier alpha value is -0.870. The van der Waals surface area contributed by atoms with Crippen LogP contribution in [-0.4, -0.2) is 34.6 Å². The maximum atomic E-state index is 5.81. The number of aromatic nitrogens is 1. The average molecular weight is 291 g/mol. The van der Waals surface area contributed by atoms with Gasteiger partial charge in [0.1, 0.15) is 5.76 Å². The van der Waals surface area contributed by atoms with Crippen LogP contribution in [0.5, 0.6) is 0 Å². The van der Waals surface area contributed by atoms with Gasteiger partial charge < -0.3 is 9.73 Å². The van der Waals surface area contributed by atoms with Gasteiger partial charge in [-0.2, -0.15) is 0 Å². The van der Waals surface area contributed by atoms with Crippen LogP contribution in [0.15, 0.2) is 4.42 Å². The summed E-state index contributed by atoms with van der Waals surface area (Å²) in [7, 11) is 0. The van der Waals surface area contributed by atoms with Gasteiger partial charge in [-0.3, -0.25) is 4.90 Å². The third kappa shape index (κ3) is 3.32. The van der Waals surface area contributed by atoms with E-state index < -0.39 is 0 Å². The van der Waals surface area contributed by atoms with Crippen molar-refractivity contribution >= 4 is 0 Å². The molecule has 4 nitrogen and oxygen atoms in total. The van der Waals surface area contributed by atoms with Gasteiger partial charge in [0, 0.05) is 18.1 Å². The Kier molecular flexibility index (Phi) is 4.65. The second kappa shape index (κ2) is 6.49. The van der Waals surface area contributed by atoms with E-state index in [9.17, 15) is 0 Å². The number of oxazole rings is 1. The molecule has 0 aromatic carbocycles. The lowest BCUT2D eigenvalue weighted by Crippen LogP contribution is -2.55. The lowest BCUT2D eigenvalue weighted by molar-refractivity contribution is 0.0114. The van der Waals surface area contributed by atoms with E-state index in [1.807, 2.05) is 13.8 Å². The van der Waals surface area contributed by atoms with Crippen LogP contribution in [0.1, 0.15) is 62.8 Å². The van der Waals surface area contributed by atoms with Gasteiger partial charge in [0.2, 0.25) is 5.89 Å². The molecule has 2 aliphatic rings. The Morgan fingerprint density at radius 3 is 2.52 bits per heavy atom. The SMILES string of the molecule is CCCNC1CC2CCCC(C1)N2Cc1nc(C)c(C)o1. The summed E-state index contributed by atoms with van der Waals surface area (Å²) in [5, 5.41) is 3.73. The fraction of sp³-hybridized carbons (Fsp3) is 0.824. The van der Waals surface area contributed by atoms with Crippen molar-refractivity contribution in [2.24, 2.45) is 0 Å². The molecule has 3 heterocycles. The van der Waals surface area contributed by atoms with Crippen molar-refractivity contribution in [3.8, 4) is 0 Å². The van der Waals surface area contributed by atoms with Crippen LogP contribution in [0.4, 0.5) is 0 Å². The van der Waals surface area contributed by atoms with E-state index in [2.05, 4.69) is 22.1 Å². The molecule has 0 saturated carbocycles. The van der Waals surface area contributed by atoms with Crippen LogP contribution in [0.3, 0.4) is 0 Å². The summed E-state index contributed by atoms with van der Waals surface area (Å²) in [5.74, 6) is 1.87. The summed E-state index contributed by atoms with van der Waals surface area (Å²) in [6, 6.07) is 2.13. The summed E-state index contributed by atoms with van der Waals surface area (Å²) in [6.07, 6.45) is 7.85. The van der Waals surface area contributed by atoms with Crippen LogP contribution in [0.25, 0.3) is 0 Å². The highest BCUT2D eigenvalue weighted by Crippen LogP contribution is 2.35. The molecular weight excluding hydrogens is 262 g/mol. The number of rotatable bonds is 5. The standard InChI is InChI=1S/C17H29N3O/c1-4-8-18-14-9-15-6-5-7-16(10-14)20(15)11-17-19-12(2)13(3)21-17/h14-16,18H,4-11H2,1-3H3. The molecule has 2 unspecified atom stereocenters. The monoisotopic (exact) mass is 291 g/mol.